The van der Waals surface area contributed by atoms with Crippen molar-refractivity contribution in [2.45, 2.75) is 45.6 Å². The van der Waals surface area contributed by atoms with Crippen LogP contribution >= 0.6 is 11.6 Å². The van der Waals surface area contributed by atoms with Crippen molar-refractivity contribution in [2.75, 3.05) is 31.1 Å². The van der Waals surface area contributed by atoms with Crippen molar-refractivity contribution in [1.29, 1.82) is 0 Å². The molecule has 1 aromatic rings. The smallest absolute Gasteiger partial charge is 0.191 e. The number of halogens is 1. The first-order valence-corrected chi connectivity index (χ1v) is 9.02. The second kappa shape index (κ2) is 9.60. The highest BCUT2D eigenvalue weighted by Gasteiger charge is 2.25. The zero-order valence-electron chi connectivity index (χ0n) is 14.2. The minimum Gasteiger partial charge on any atom is -0.357 e. The van der Waals surface area contributed by atoms with E-state index in [1.165, 1.54) is 12.8 Å². The quantitative estimate of drug-likeness (QED) is 0.456. The maximum atomic E-state index is 6.25. The monoisotopic (exact) mass is 337 g/mol. The molecular formula is C17H28ClN5. The molecule has 0 aliphatic carbocycles. The van der Waals surface area contributed by atoms with Crippen LogP contribution in [0.25, 0.3) is 0 Å². The summed E-state index contributed by atoms with van der Waals surface area (Å²) in [7, 11) is 0. The van der Waals surface area contributed by atoms with Crippen molar-refractivity contribution < 1.29 is 0 Å². The number of pyridine rings is 1. The zero-order chi connectivity index (χ0) is 16.5. The predicted molar refractivity (Wildman–Crippen MR) is 98.5 cm³/mol. The summed E-state index contributed by atoms with van der Waals surface area (Å²) in [6, 6.07) is 4.13. The molecule has 0 amide bonds. The highest BCUT2D eigenvalue weighted by Crippen LogP contribution is 2.25. The van der Waals surface area contributed by atoms with Crippen LogP contribution in [0.1, 0.15) is 39.5 Å². The van der Waals surface area contributed by atoms with Crippen LogP contribution in [0.2, 0.25) is 5.02 Å². The molecule has 1 aromatic heterocycles. The van der Waals surface area contributed by atoms with E-state index in [1.807, 2.05) is 12.1 Å². The standard InChI is InChI=1S/C17H28ClN5/c1-3-5-6-10-21-17(19-4-2)22-14-9-12-23(13-14)16-15(18)8-7-11-20-16/h7-8,11,14H,3-6,9-10,12-13H2,1-2H3,(H2,19,21,22). The van der Waals surface area contributed by atoms with Gasteiger partial charge in [0.1, 0.15) is 5.82 Å². The van der Waals surface area contributed by atoms with E-state index in [1.54, 1.807) is 6.20 Å². The molecule has 5 nitrogen and oxygen atoms in total. The van der Waals surface area contributed by atoms with E-state index < -0.39 is 0 Å². The van der Waals surface area contributed by atoms with Gasteiger partial charge in [0, 0.05) is 38.4 Å². The van der Waals surface area contributed by atoms with E-state index in [0.717, 1.165) is 50.8 Å². The van der Waals surface area contributed by atoms with Gasteiger partial charge in [-0.25, -0.2) is 4.98 Å². The molecular weight excluding hydrogens is 310 g/mol. The third-order valence-electron chi connectivity index (χ3n) is 3.94. The van der Waals surface area contributed by atoms with Crippen LogP contribution in [0.3, 0.4) is 0 Å². The van der Waals surface area contributed by atoms with Crippen LogP contribution in [0.15, 0.2) is 23.3 Å². The number of unbranched alkanes of at least 4 members (excludes halogenated alkanes) is 2. The maximum Gasteiger partial charge on any atom is 0.191 e. The number of guanidine groups is 1. The van der Waals surface area contributed by atoms with E-state index in [0.29, 0.717) is 11.1 Å². The number of rotatable bonds is 7. The lowest BCUT2D eigenvalue weighted by molar-refractivity contribution is 0.644. The zero-order valence-corrected chi connectivity index (χ0v) is 14.9. The first-order chi connectivity index (χ1) is 11.2. The minimum absolute atomic E-state index is 0.372. The summed E-state index contributed by atoms with van der Waals surface area (Å²) < 4.78 is 0. The van der Waals surface area contributed by atoms with E-state index in [2.05, 4.69) is 39.4 Å². The molecule has 23 heavy (non-hydrogen) atoms. The molecule has 2 heterocycles. The van der Waals surface area contributed by atoms with Crippen molar-refractivity contribution in [3.05, 3.63) is 23.4 Å². The topological polar surface area (TPSA) is 52.6 Å². The Labute approximate surface area is 144 Å². The van der Waals surface area contributed by atoms with Crippen molar-refractivity contribution in [1.82, 2.24) is 15.6 Å². The number of aromatic nitrogens is 1. The number of nitrogens with one attached hydrogen (secondary N) is 2. The van der Waals surface area contributed by atoms with E-state index >= 15 is 0 Å². The summed E-state index contributed by atoms with van der Waals surface area (Å²) >= 11 is 6.25. The summed E-state index contributed by atoms with van der Waals surface area (Å²) in [6.45, 7) is 7.93. The summed E-state index contributed by atoms with van der Waals surface area (Å²) in [5.41, 5.74) is 0. The lowest BCUT2D eigenvalue weighted by Crippen LogP contribution is -2.44. The normalized spacial score (nSPS) is 18.3. The van der Waals surface area contributed by atoms with Crippen LogP contribution in [-0.2, 0) is 0 Å². The lowest BCUT2D eigenvalue weighted by atomic mass is 10.2. The van der Waals surface area contributed by atoms with E-state index in [9.17, 15) is 0 Å². The number of aliphatic imine (C=N–C) groups is 1. The highest BCUT2D eigenvalue weighted by molar-refractivity contribution is 6.32. The molecule has 1 unspecified atom stereocenters. The van der Waals surface area contributed by atoms with Crippen molar-refractivity contribution >= 4 is 23.4 Å². The fourth-order valence-electron chi connectivity index (χ4n) is 2.75. The van der Waals surface area contributed by atoms with E-state index in [4.69, 9.17) is 11.6 Å². The number of nitrogens with zero attached hydrogens (tertiary/aromatic N) is 3. The summed E-state index contributed by atoms with van der Waals surface area (Å²) in [6.07, 6.45) is 6.46. The average Bonchev–Trinajstić information content (AvgIpc) is 3.00. The molecule has 1 atom stereocenters. The molecule has 0 bridgehead atoms. The van der Waals surface area contributed by atoms with Gasteiger partial charge in [-0.1, -0.05) is 31.4 Å². The third kappa shape index (κ3) is 5.57. The van der Waals surface area contributed by atoms with Crippen LogP contribution in [-0.4, -0.2) is 43.2 Å². The van der Waals surface area contributed by atoms with Gasteiger partial charge in [0.25, 0.3) is 0 Å². The van der Waals surface area contributed by atoms with E-state index in [-0.39, 0.29) is 0 Å². The molecule has 0 saturated carbocycles. The predicted octanol–water partition coefficient (Wildman–Crippen LogP) is 3.06. The minimum atomic E-state index is 0.372. The molecule has 0 spiro atoms. The molecule has 1 aliphatic heterocycles. The van der Waals surface area contributed by atoms with Crippen molar-refractivity contribution in [3.63, 3.8) is 0 Å². The first kappa shape index (κ1) is 17.9. The summed E-state index contributed by atoms with van der Waals surface area (Å²) in [5.74, 6) is 1.80. The maximum absolute atomic E-state index is 6.25. The molecule has 0 radical (unpaired) electrons. The van der Waals surface area contributed by atoms with Gasteiger partial charge in [0.15, 0.2) is 5.96 Å². The van der Waals surface area contributed by atoms with Gasteiger partial charge in [0.05, 0.1) is 5.02 Å². The molecule has 1 aliphatic rings. The van der Waals surface area contributed by atoms with Gasteiger partial charge in [-0.15, -0.1) is 0 Å². The van der Waals surface area contributed by atoms with Crippen LogP contribution < -0.4 is 15.5 Å². The SMILES string of the molecule is CCCCCN=C(NCC)NC1CCN(c2ncccc2Cl)C1. The number of hydrogen-bond acceptors (Lipinski definition) is 3. The molecule has 128 valence electrons. The Bertz CT molecular complexity index is 506. The van der Waals surface area contributed by atoms with Crippen molar-refractivity contribution in [2.24, 2.45) is 4.99 Å². The second-order valence-corrected chi connectivity index (χ2v) is 6.26. The summed E-state index contributed by atoms with van der Waals surface area (Å²) in [5, 5.41) is 7.59. The first-order valence-electron chi connectivity index (χ1n) is 8.64. The second-order valence-electron chi connectivity index (χ2n) is 5.85. The molecule has 1 saturated heterocycles. The van der Waals surface area contributed by atoms with Gasteiger partial charge in [-0.05, 0) is 31.9 Å². The Morgan fingerprint density at radius 2 is 2.30 bits per heavy atom. The Morgan fingerprint density at radius 3 is 3.04 bits per heavy atom. The average molecular weight is 338 g/mol. The van der Waals surface area contributed by atoms with Gasteiger partial charge in [-0.2, -0.15) is 0 Å². The fourth-order valence-corrected chi connectivity index (χ4v) is 2.99. The van der Waals surface area contributed by atoms with Gasteiger partial charge >= 0.3 is 0 Å². The Balaban J connectivity index is 1.88. The Kier molecular flexibility index (Phi) is 7.46. The van der Waals surface area contributed by atoms with Gasteiger partial charge < -0.3 is 15.5 Å². The van der Waals surface area contributed by atoms with Crippen LogP contribution in [0.4, 0.5) is 5.82 Å². The Hall–Kier alpha value is -1.49. The largest absolute Gasteiger partial charge is 0.357 e. The van der Waals surface area contributed by atoms with Crippen LogP contribution in [0.5, 0.6) is 0 Å². The molecule has 2 N–H and O–H groups in total. The third-order valence-corrected chi connectivity index (χ3v) is 4.24. The summed E-state index contributed by atoms with van der Waals surface area (Å²) in [4.78, 5) is 11.3. The fraction of sp³-hybridized carbons (Fsp3) is 0.647. The van der Waals surface area contributed by atoms with Crippen LogP contribution in [0, 0.1) is 0 Å². The van der Waals surface area contributed by atoms with Gasteiger partial charge in [-0.3, -0.25) is 4.99 Å². The lowest BCUT2D eigenvalue weighted by Gasteiger charge is -2.20. The molecule has 0 aromatic carbocycles. The molecule has 1 fully saturated rings. The van der Waals surface area contributed by atoms with Gasteiger partial charge in [0.2, 0.25) is 0 Å². The van der Waals surface area contributed by atoms with Crippen molar-refractivity contribution in [3.8, 4) is 0 Å². The number of hydrogen-bond donors (Lipinski definition) is 2. The number of anilines is 1. The highest BCUT2D eigenvalue weighted by atomic mass is 35.5. The molecule has 6 heteroatoms. The Morgan fingerprint density at radius 1 is 1.43 bits per heavy atom. The molecule has 2 rings (SSSR count).